The summed E-state index contributed by atoms with van der Waals surface area (Å²) >= 11 is 0. The van der Waals surface area contributed by atoms with Gasteiger partial charge in [0, 0.05) is 18.5 Å². The highest BCUT2D eigenvalue weighted by atomic mass is 16.3. The number of pyridine rings is 1. The third-order valence-corrected chi connectivity index (χ3v) is 6.69. The smallest absolute Gasteiger partial charge is 0.225 e. The maximum Gasteiger partial charge on any atom is 0.225 e. The molecule has 1 fully saturated rings. The highest BCUT2D eigenvalue weighted by Crippen LogP contribution is 2.48. The second-order valence-corrected chi connectivity index (χ2v) is 9.16. The Bertz CT molecular complexity index is 746. The first-order valence-electron chi connectivity index (χ1n) is 12.0. The summed E-state index contributed by atoms with van der Waals surface area (Å²) in [5, 5.41) is 23.5. The largest absolute Gasteiger partial charge is 0.392 e. The van der Waals surface area contributed by atoms with Gasteiger partial charge in [-0.1, -0.05) is 56.1 Å². The summed E-state index contributed by atoms with van der Waals surface area (Å²) in [6, 6.07) is 5.48. The number of hydrogen-bond donors (Lipinski definition) is 3. The minimum Gasteiger partial charge on any atom is -0.392 e. The molecule has 0 radical (unpaired) electrons. The molecular formula is C26H38N2O3. The van der Waals surface area contributed by atoms with Gasteiger partial charge in [-0.05, 0) is 62.5 Å². The van der Waals surface area contributed by atoms with Crippen LogP contribution in [-0.4, -0.2) is 33.3 Å². The summed E-state index contributed by atoms with van der Waals surface area (Å²) in [4.78, 5) is 16.2. The molecule has 0 bridgehead atoms. The lowest BCUT2D eigenvalue weighted by Gasteiger charge is -2.19. The molecule has 5 atom stereocenters. The van der Waals surface area contributed by atoms with Crippen LogP contribution in [-0.2, 0) is 4.79 Å². The molecule has 2 aliphatic rings. The second-order valence-electron chi connectivity index (χ2n) is 9.16. The number of aliphatic hydroxyl groups excluding tert-OH is 2. The van der Waals surface area contributed by atoms with Crippen molar-refractivity contribution >= 4 is 11.7 Å². The van der Waals surface area contributed by atoms with Crippen LogP contribution >= 0.6 is 0 Å². The SMILES string of the molecule is CCCCC[C@H](O)/C=C/[C@@H]1[C@H]2CC(CCCCC(=O)Nc3ccccn3)=C[C@H]2C[C@H]1O. The molecule has 0 aliphatic heterocycles. The van der Waals surface area contributed by atoms with E-state index >= 15 is 0 Å². The Hall–Kier alpha value is -1.98. The quantitative estimate of drug-likeness (QED) is 0.324. The van der Waals surface area contributed by atoms with Crippen LogP contribution in [0.15, 0.2) is 48.2 Å². The molecular weight excluding hydrogens is 388 g/mol. The van der Waals surface area contributed by atoms with Gasteiger partial charge in [0.2, 0.25) is 5.91 Å². The first-order chi connectivity index (χ1) is 15.1. The molecule has 0 unspecified atom stereocenters. The fourth-order valence-corrected chi connectivity index (χ4v) is 5.03. The minimum atomic E-state index is -0.399. The van der Waals surface area contributed by atoms with Gasteiger partial charge in [0.15, 0.2) is 0 Å². The highest BCUT2D eigenvalue weighted by Gasteiger charge is 2.43. The molecule has 0 spiro atoms. The van der Waals surface area contributed by atoms with Gasteiger partial charge >= 0.3 is 0 Å². The van der Waals surface area contributed by atoms with Gasteiger partial charge < -0.3 is 15.5 Å². The van der Waals surface area contributed by atoms with Gasteiger partial charge in [0.1, 0.15) is 5.82 Å². The number of anilines is 1. The summed E-state index contributed by atoms with van der Waals surface area (Å²) in [7, 11) is 0. The number of carbonyl (C=O) groups excluding carboxylic acids is 1. The molecule has 2 aliphatic carbocycles. The van der Waals surface area contributed by atoms with Crippen molar-refractivity contribution < 1.29 is 15.0 Å². The van der Waals surface area contributed by atoms with E-state index in [4.69, 9.17) is 0 Å². The number of carbonyl (C=O) groups is 1. The number of hydrogen-bond acceptors (Lipinski definition) is 4. The summed E-state index contributed by atoms with van der Waals surface area (Å²) < 4.78 is 0. The molecule has 1 aromatic heterocycles. The van der Waals surface area contributed by atoms with E-state index in [-0.39, 0.29) is 17.9 Å². The zero-order valence-corrected chi connectivity index (χ0v) is 18.7. The molecule has 0 saturated heterocycles. The van der Waals surface area contributed by atoms with Gasteiger partial charge in [-0.2, -0.15) is 0 Å². The van der Waals surface area contributed by atoms with Crippen molar-refractivity contribution in [2.45, 2.75) is 83.3 Å². The minimum absolute atomic E-state index is 0.0155. The Morgan fingerprint density at radius 1 is 1.29 bits per heavy atom. The summed E-state index contributed by atoms with van der Waals surface area (Å²) in [5.74, 6) is 1.67. The van der Waals surface area contributed by atoms with Crippen LogP contribution in [0.25, 0.3) is 0 Å². The predicted octanol–water partition coefficient (Wildman–Crippen LogP) is 5.02. The summed E-state index contributed by atoms with van der Waals surface area (Å²) in [6.45, 7) is 2.17. The van der Waals surface area contributed by atoms with Gasteiger partial charge in [-0.3, -0.25) is 4.79 Å². The number of allylic oxidation sites excluding steroid dienone is 2. The topological polar surface area (TPSA) is 82.5 Å². The molecule has 1 amide bonds. The number of aromatic nitrogens is 1. The number of unbranched alkanes of at least 4 members (excludes halogenated alkanes) is 3. The Morgan fingerprint density at radius 3 is 2.94 bits per heavy atom. The van der Waals surface area contributed by atoms with Crippen molar-refractivity contribution in [3.8, 4) is 0 Å². The van der Waals surface area contributed by atoms with Gasteiger partial charge in [-0.25, -0.2) is 4.98 Å². The maximum atomic E-state index is 12.0. The van der Waals surface area contributed by atoms with E-state index in [1.165, 1.54) is 5.57 Å². The van der Waals surface area contributed by atoms with Crippen LogP contribution in [0.4, 0.5) is 5.82 Å². The molecule has 31 heavy (non-hydrogen) atoms. The van der Waals surface area contributed by atoms with Crippen LogP contribution in [0.2, 0.25) is 0 Å². The average molecular weight is 427 g/mol. The normalized spacial score (nSPS) is 26.1. The molecule has 1 aromatic rings. The van der Waals surface area contributed by atoms with Crippen molar-refractivity contribution in [3.63, 3.8) is 0 Å². The van der Waals surface area contributed by atoms with E-state index in [1.54, 1.807) is 12.3 Å². The first-order valence-corrected chi connectivity index (χ1v) is 12.0. The van der Waals surface area contributed by atoms with Crippen molar-refractivity contribution in [2.24, 2.45) is 17.8 Å². The first kappa shape index (κ1) is 23.7. The van der Waals surface area contributed by atoms with Crippen LogP contribution in [0.1, 0.15) is 71.1 Å². The fraction of sp³-hybridized carbons (Fsp3) is 0.615. The third-order valence-electron chi connectivity index (χ3n) is 6.69. The highest BCUT2D eigenvalue weighted by molar-refractivity contribution is 5.89. The molecule has 3 N–H and O–H groups in total. The maximum absolute atomic E-state index is 12.0. The van der Waals surface area contributed by atoms with Crippen molar-refractivity contribution in [1.29, 1.82) is 0 Å². The van der Waals surface area contributed by atoms with Crippen molar-refractivity contribution in [3.05, 3.63) is 48.2 Å². The van der Waals surface area contributed by atoms with Crippen LogP contribution in [0.5, 0.6) is 0 Å². The Morgan fingerprint density at radius 2 is 2.16 bits per heavy atom. The second kappa shape index (κ2) is 12.2. The monoisotopic (exact) mass is 426 g/mol. The lowest BCUT2D eigenvalue weighted by molar-refractivity contribution is -0.116. The number of aliphatic hydroxyl groups is 2. The predicted molar refractivity (Wildman–Crippen MR) is 124 cm³/mol. The molecule has 1 heterocycles. The average Bonchev–Trinajstić information content (AvgIpc) is 3.27. The van der Waals surface area contributed by atoms with E-state index in [1.807, 2.05) is 18.2 Å². The Labute approximate surface area is 186 Å². The number of amides is 1. The van der Waals surface area contributed by atoms with E-state index in [0.717, 1.165) is 57.8 Å². The number of fused-ring (bicyclic) bond motifs is 1. The molecule has 3 rings (SSSR count). The fourth-order valence-electron chi connectivity index (χ4n) is 5.03. The standard InChI is InChI=1S/C26H38N2O3/c1-2-3-4-10-21(29)13-14-22-23-17-19(16-20(23)18-24(22)30)9-5-6-12-26(31)28-25-11-7-8-15-27-25/h7-8,11,13-16,20-24,29-30H,2-6,9-10,12,17-18H2,1H3,(H,27,28,31)/b14-13+/t20-,21-,22+,23-,24+/m0/s1. The Balaban J connectivity index is 1.37. The number of rotatable bonds is 12. The molecule has 5 nitrogen and oxygen atoms in total. The third kappa shape index (κ3) is 7.29. The van der Waals surface area contributed by atoms with Crippen molar-refractivity contribution in [2.75, 3.05) is 5.32 Å². The molecule has 0 aromatic carbocycles. The molecule has 5 heteroatoms. The molecule has 1 saturated carbocycles. The van der Waals surface area contributed by atoms with Crippen LogP contribution in [0.3, 0.4) is 0 Å². The van der Waals surface area contributed by atoms with E-state index < -0.39 is 6.10 Å². The van der Waals surface area contributed by atoms with E-state index in [2.05, 4.69) is 29.4 Å². The number of nitrogens with zero attached hydrogens (tertiary/aromatic N) is 1. The van der Waals surface area contributed by atoms with Crippen molar-refractivity contribution in [1.82, 2.24) is 4.98 Å². The van der Waals surface area contributed by atoms with Gasteiger partial charge in [0.05, 0.1) is 12.2 Å². The van der Waals surface area contributed by atoms with Crippen LogP contribution in [0, 0.1) is 17.8 Å². The Kier molecular flexibility index (Phi) is 9.29. The zero-order valence-electron chi connectivity index (χ0n) is 18.7. The van der Waals surface area contributed by atoms with Gasteiger partial charge in [-0.15, -0.1) is 0 Å². The lowest BCUT2D eigenvalue weighted by atomic mass is 9.88. The molecule has 170 valence electrons. The van der Waals surface area contributed by atoms with E-state index in [9.17, 15) is 15.0 Å². The lowest BCUT2D eigenvalue weighted by Crippen LogP contribution is -2.18. The van der Waals surface area contributed by atoms with Crippen LogP contribution < -0.4 is 5.32 Å². The zero-order chi connectivity index (χ0) is 22.1. The summed E-state index contributed by atoms with van der Waals surface area (Å²) in [6.07, 6.45) is 16.7. The van der Waals surface area contributed by atoms with E-state index in [0.29, 0.717) is 24.1 Å². The number of nitrogens with one attached hydrogen (secondary N) is 1. The summed E-state index contributed by atoms with van der Waals surface area (Å²) in [5.41, 5.74) is 1.47. The van der Waals surface area contributed by atoms with Gasteiger partial charge in [0.25, 0.3) is 0 Å².